The molecule has 0 spiro atoms. The lowest BCUT2D eigenvalue weighted by Crippen LogP contribution is -2.57. The van der Waals surface area contributed by atoms with E-state index in [0.717, 1.165) is 0 Å². The number of nitrogens with one attached hydrogen (secondary N) is 2. The molecule has 0 aromatic rings. The van der Waals surface area contributed by atoms with Gasteiger partial charge in [-0.2, -0.15) is 0 Å². The first-order chi connectivity index (χ1) is 11.0. The first-order valence-corrected chi connectivity index (χ1v) is 7.88. The van der Waals surface area contributed by atoms with Gasteiger partial charge in [0, 0.05) is 0 Å². The zero-order valence-corrected chi connectivity index (χ0v) is 14.5. The van der Waals surface area contributed by atoms with Crippen LogP contribution in [0, 0.1) is 11.8 Å². The second kappa shape index (κ2) is 9.86. The predicted molar refractivity (Wildman–Crippen MR) is 87.6 cm³/mol. The Morgan fingerprint density at radius 1 is 1.00 bits per heavy atom. The molecule has 0 aliphatic carbocycles. The Bertz CT molecular complexity index is 480. The summed E-state index contributed by atoms with van der Waals surface area (Å²) in [6, 6.07) is -3.19. The number of carboxylic acids is 1. The van der Waals surface area contributed by atoms with E-state index < -0.39 is 41.8 Å². The normalized spacial score (nSPS) is 15.9. The second-order valence-electron chi connectivity index (χ2n) is 6.22. The Morgan fingerprint density at radius 3 is 1.88 bits per heavy atom. The number of nitrogens with two attached hydrogens (primary N) is 2. The third-order valence-corrected chi connectivity index (χ3v) is 3.78. The van der Waals surface area contributed by atoms with Gasteiger partial charge in [0.15, 0.2) is 0 Å². The monoisotopic (exact) mass is 344 g/mol. The molecule has 0 fully saturated rings. The summed E-state index contributed by atoms with van der Waals surface area (Å²) in [5, 5.41) is 14.1. The van der Waals surface area contributed by atoms with Crippen molar-refractivity contribution in [2.24, 2.45) is 23.3 Å². The molecule has 0 bridgehead atoms. The molecule has 3 amide bonds. The lowest BCUT2D eigenvalue weighted by molar-refractivity contribution is -0.143. The van der Waals surface area contributed by atoms with Crippen LogP contribution in [-0.2, 0) is 19.2 Å². The van der Waals surface area contributed by atoms with Gasteiger partial charge in [0.2, 0.25) is 17.7 Å². The van der Waals surface area contributed by atoms with Gasteiger partial charge in [0.05, 0.1) is 12.5 Å². The fourth-order valence-electron chi connectivity index (χ4n) is 2.03. The van der Waals surface area contributed by atoms with E-state index in [9.17, 15) is 19.2 Å². The molecular formula is C15H28N4O5. The molecule has 0 aliphatic heterocycles. The fourth-order valence-corrected chi connectivity index (χ4v) is 2.03. The Balaban J connectivity index is 5.12. The maximum Gasteiger partial charge on any atom is 0.326 e. The number of amides is 3. The quantitative estimate of drug-likeness (QED) is 0.339. The van der Waals surface area contributed by atoms with E-state index in [2.05, 4.69) is 10.6 Å². The molecule has 9 nitrogen and oxygen atoms in total. The number of rotatable bonds is 10. The predicted octanol–water partition coefficient (Wildman–Crippen LogP) is -1.05. The van der Waals surface area contributed by atoms with Crippen LogP contribution in [0.4, 0.5) is 0 Å². The van der Waals surface area contributed by atoms with Gasteiger partial charge in [-0.3, -0.25) is 14.4 Å². The van der Waals surface area contributed by atoms with Crippen LogP contribution in [-0.4, -0.2) is 46.9 Å². The van der Waals surface area contributed by atoms with Crippen molar-refractivity contribution in [2.45, 2.75) is 58.7 Å². The van der Waals surface area contributed by atoms with Crippen LogP contribution >= 0.6 is 0 Å². The van der Waals surface area contributed by atoms with Crippen LogP contribution in [0.5, 0.6) is 0 Å². The molecule has 0 unspecified atom stereocenters. The first kappa shape index (κ1) is 21.8. The van der Waals surface area contributed by atoms with Crippen LogP contribution < -0.4 is 22.1 Å². The van der Waals surface area contributed by atoms with Crippen LogP contribution in [0.1, 0.15) is 40.5 Å². The van der Waals surface area contributed by atoms with E-state index >= 15 is 0 Å². The molecule has 0 heterocycles. The molecule has 138 valence electrons. The number of carbonyl (C=O) groups is 4. The molecule has 0 radical (unpaired) electrons. The Hall–Kier alpha value is -2.16. The Morgan fingerprint density at radius 2 is 1.50 bits per heavy atom. The van der Waals surface area contributed by atoms with E-state index in [4.69, 9.17) is 16.6 Å². The minimum Gasteiger partial charge on any atom is -0.480 e. The molecule has 24 heavy (non-hydrogen) atoms. The molecule has 0 rings (SSSR count). The molecular weight excluding hydrogens is 316 g/mol. The molecule has 9 heteroatoms. The highest BCUT2D eigenvalue weighted by Gasteiger charge is 2.32. The number of hydrogen-bond donors (Lipinski definition) is 5. The third kappa shape index (κ3) is 6.95. The van der Waals surface area contributed by atoms with Gasteiger partial charge in [-0.25, -0.2) is 4.79 Å². The minimum absolute atomic E-state index is 0.253. The third-order valence-electron chi connectivity index (χ3n) is 3.78. The average molecular weight is 344 g/mol. The van der Waals surface area contributed by atoms with Crippen LogP contribution in [0.25, 0.3) is 0 Å². The number of primary amides is 1. The molecule has 7 N–H and O–H groups in total. The van der Waals surface area contributed by atoms with Crippen LogP contribution in [0.15, 0.2) is 0 Å². The van der Waals surface area contributed by atoms with E-state index in [0.29, 0.717) is 6.42 Å². The summed E-state index contributed by atoms with van der Waals surface area (Å²) in [4.78, 5) is 46.5. The van der Waals surface area contributed by atoms with E-state index in [1.807, 2.05) is 6.92 Å². The number of carboxylic acid groups (broad SMARTS) is 1. The van der Waals surface area contributed by atoms with Crippen molar-refractivity contribution in [3.63, 3.8) is 0 Å². The molecule has 0 saturated heterocycles. The van der Waals surface area contributed by atoms with Gasteiger partial charge in [0.25, 0.3) is 0 Å². The van der Waals surface area contributed by atoms with Crippen LogP contribution in [0.3, 0.4) is 0 Å². The SMILES string of the molecule is CC[C@H](C)[C@H](NC(=O)[C@@H](N)CC(N)=O)C(=O)N[C@H](C(=O)O)C(C)C. The van der Waals surface area contributed by atoms with Gasteiger partial charge in [0.1, 0.15) is 12.1 Å². The summed E-state index contributed by atoms with van der Waals surface area (Å²) >= 11 is 0. The number of carbonyl (C=O) groups excluding carboxylic acids is 3. The smallest absolute Gasteiger partial charge is 0.326 e. The zero-order chi connectivity index (χ0) is 19.0. The summed E-state index contributed by atoms with van der Waals surface area (Å²) < 4.78 is 0. The lowest BCUT2D eigenvalue weighted by atomic mass is 9.96. The Kier molecular flexibility index (Phi) is 8.97. The van der Waals surface area contributed by atoms with Crippen molar-refractivity contribution >= 4 is 23.7 Å². The van der Waals surface area contributed by atoms with Gasteiger partial charge in [-0.15, -0.1) is 0 Å². The molecule has 0 saturated carbocycles. The Labute approximate surface area is 141 Å². The van der Waals surface area contributed by atoms with Gasteiger partial charge in [-0.05, 0) is 11.8 Å². The molecule has 0 aromatic heterocycles. The second-order valence-corrected chi connectivity index (χ2v) is 6.22. The lowest BCUT2D eigenvalue weighted by Gasteiger charge is -2.27. The highest BCUT2D eigenvalue weighted by molar-refractivity contribution is 5.93. The molecule has 0 aliphatic rings. The average Bonchev–Trinajstić information content (AvgIpc) is 2.47. The maximum atomic E-state index is 12.4. The van der Waals surface area contributed by atoms with Crippen molar-refractivity contribution in [2.75, 3.05) is 0 Å². The molecule has 4 atom stereocenters. The largest absolute Gasteiger partial charge is 0.480 e. The standard InChI is InChI=1S/C15H28N4O5/c1-5-8(4)12(19-13(21)9(16)6-10(17)20)14(22)18-11(7(2)3)15(23)24/h7-9,11-12H,5-6,16H2,1-4H3,(H2,17,20)(H,18,22)(H,19,21)(H,23,24)/t8-,9-,11-,12-/m0/s1. The van der Waals surface area contributed by atoms with Crippen LogP contribution in [0.2, 0.25) is 0 Å². The summed E-state index contributed by atoms with van der Waals surface area (Å²) in [7, 11) is 0. The number of aliphatic carboxylic acids is 1. The summed E-state index contributed by atoms with van der Waals surface area (Å²) in [5.41, 5.74) is 10.6. The molecule has 0 aromatic carbocycles. The fraction of sp³-hybridized carbons (Fsp3) is 0.733. The summed E-state index contributed by atoms with van der Waals surface area (Å²) in [6.07, 6.45) is 0.229. The maximum absolute atomic E-state index is 12.4. The van der Waals surface area contributed by atoms with Gasteiger partial charge in [-0.1, -0.05) is 34.1 Å². The topological polar surface area (TPSA) is 165 Å². The van der Waals surface area contributed by atoms with E-state index in [1.165, 1.54) is 0 Å². The van der Waals surface area contributed by atoms with Gasteiger partial charge >= 0.3 is 5.97 Å². The van der Waals surface area contributed by atoms with E-state index in [1.54, 1.807) is 20.8 Å². The van der Waals surface area contributed by atoms with Crippen molar-refractivity contribution in [3.05, 3.63) is 0 Å². The zero-order valence-electron chi connectivity index (χ0n) is 14.5. The van der Waals surface area contributed by atoms with Gasteiger partial charge < -0.3 is 27.2 Å². The van der Waals surface area contributed by atoms with Crippen molar-refractivity contribution in [1.29, 1.82) is 0 Å². The minimum atomic E-state index is -1.16. The highest BCUT2D eigenvalue weighted by atomic mass is 16.4. The van der Waals surface area contributed by atoms with Crippen molar-refractivity contribution < 1.29 is 24.3 Å². The van der Waals surface area contributed by atoms with E-state index in [-0.39, 0.29) is 18.3 Å². The summed E-state index contributed by atoms with van der Waals surface area (Å²) in [6.45, 7) is 6.91. The first-order valence-electron chi connectivity index (χ1n) is 7.88. The van der Waals surface area contributed by atoms with Crippen molar-refractivity contribution in [3.8, 4) is 0 Å². The number of hydrogen-bond acceptors (Lipinski definition) is 5. The van der Waals surface area contributed by atoms with Crippen molar-refractivity contribution in [1.82, 2.24) is 10.6 Å². The highest BCUT2D eigenvalue weighted by Crippen LogP contribution is 2.10. The summed E-state index contributed by atoms with van der Waals surface area (Å²) in [5.74, 6) is -3.75.